The van der Waals surface area contributed by atoms with Crippen molar-refractivity contribution in [2.45, 2.75) is 46.3 Å². The van der Waals surface area contributed by atoms with Gasteiger partial charge in [-0.1, -0.05) is 0 Å². The van der Waals surface area contributed by atoms with Gasteiger partial charge < -0.3 is 14.6 Å². The maximum atomic E-state index is 5.63. The molecule has 0 atom stereocenters. The summed E-state index contributed by atoms with van der Waals surface area (Å²) in [6.07, 6.45) is 3.80. The zero-order chi connectivity index (χ0) is 12.2. The molecule has 1 aromatic rings. The minimum atomic E-state index is -0.164. The summed E-state index contributed by atoms with van der Waals surface area (Å²) < 4.78 is 7.74. The molecule has 0 amide bonds. The fourth-order valence-corrected chi connectivity index (χ4v) is 1.60. The standard InChI is InChI=1S/C12H23N3O/c1-6-16-12(4,5)9-14-11-13-7-8-15(11)10(2)3/h7-8,10H,6,9H2,1-5H3,(H,13,14). The topological polar surface area (TPSA) is 39.1 Å². The highest BCUT2D eigenvalue weighted by Crippen LogP contribution is 2.15. The largest absolute Gasteiger partial charge is 0.374 e. The summed E-state index contributed by atoms with van der Waals surface area (Å²) in [5, 5.41) is 3.33. The van der Waals surface area contributed by atoms with E-state index in [4.69, 9.17) is 4.74 Å². The molecular formula is C12H23N3O. The van der Waals surface area contributed by atoms with Crippen molar-refractivity contribution in [3.8, 4) is 0 Å². The SMILES string of the molecule is CCOC(C)(C)CNc1nccn1C(C)C. The Balaban J connectivity index is 2.57. The van der Waals surface area contributed by atoms with Crippen LogP contribution < -0.4 is 5.32 Å². The highest BCUT2D eigenvalue weighted by atomic mass is 16.5. The second-order valence-corrected chi connectivity index (χ2v) is 4.80. The third-order valence-corrected chi connectivity index (χ3v) is 2.43. The average molecular weight is 225 g/mol. The molecule has 0 bridgehead atoms. The molecule has 0 saturated carbocycles. The molecule has 92 valence electrons. The summed E-state index contributed by atoms with van der Waals surface area (Å²) >= 11 is 0. The van der Waals surface area contributed by atoms with Gasteiger partial charge in [0.05, 0.1) is 5.60 Å². The maximum Gasteiger partial charge on any atom is 0.203 e. The number of aromatic nitrogens is 2. The van der Waals surface area contributed by atoms with E-state index in [-0.39, 0.29) is 5.60 Å². The molecule has 0 fully saturated rings. The van der Waals surface area contributed by atoms with Crippen molar-refractivity contribution in [2.75, 3.05) is 18.5 Å². The molecule has 16 heavy (non-hydrogen) atoms. The molecule has 0 aliphatic heterocycles. The second-order valence-electron chi connectivity index (χ2n) is 4.80. The molecule has 1 rings (SSSR count). The van der Waals surface area contributed by atoms with Gasteiger partial charge in [0.2, 0.25) is 5.95 Å². The van der Waals surface area contributed by atoms with Crippen LogP contribution in [0.15, 0.2) is 12.4 Å². The Morgan fingerprint density at radius 3 is 2.75 bits per heavy atom. The van der Waals surface area contributed by atoms with Crippen molar-refractivity contribution in [3.05, 3.63) is 12.4 Å². The zero-order valence-electron chi connectivity index (χ0n) is 10.9. The Hall–Kier alpha value is -1.03. The Morgan fingerprint density at radius 2 is 2.19 bits per heavy atom. The van der Waals surface area contributed by atoms with Crippen LogP contribution in [0.3, 0.4) is 0 Å². The van der Waals surface area contributed by atoms with E-state index in [1.165, 1.54) is 0 Å². The van der Waals surface area contributed by atoms with Crippen LogP contribution in [0.2, 0.25) is 0 Å². The molecule has 1 aromatic heterocycles. The average Bonchev–Trinajstić information content (AvgIpc) is 2.62. The van der Waals surface area contributed by atoms with Gasteiger partial charge in [0.15, 0.2) is 0 Å². The number of anilines is 1. The van der Waals surface area contributed by atoms with E-state index in [1.807, 2.05) is 19.3 Å². The summed E-state index contributed by atoms with van der Waals surface area (Å²) in [5.74, 6) is 0.905. The molecule has 0 unspecified atom stereocenters. The van der Waals surface area contributed by atoms with E-state index < -0.39 is 0 Å². The third-order valence-electron chi connectivity index (χ3n) is 2.43. The smallest absolute Gasteiger partial charge is 0.203 e. The van der Waals surface area contributed by atoms with Crippen LogP contribution in [0.4, 0.5) is 5.95 Å². The van der Waals surface area contributed by atoms with Crippen LogP contribution >= 0.6 is 0 Å². The van der Waals surface area contributed by atoms with Crippen LogP contribution in [-0.4, -0.2) is 28.3 Å². The summed E-state index contributed by atoms with van der Waals surface area (Å²) in [5.41, 5.74) is -0.164. The number of hydrogen-bond donors (Lipinski definition) is 1. The molecule has 0 aliphatic carbocycles. The molecule has 4 nitrogen and oxygen atoms in total. The van der Waals surface area contributed by atoms with Crippen molar-refractivity contribution < 1.29 is 4.74 Å². The first kappa shape index (κ1) is 13.0. The van der Waals surface area contributed by atoms with E-state index >= 15 is 0 Å². The fraction of sp³-hybridized carbons (Fsp3) is 0.750. The van der Waals surface area contributed by atoms with Gasteiger partial charge in [-0.2, -0.15) is 0 Å². The normalized spacial score (nSPS) is 12.1. The van der Waals surface area contributed by atoms with Crippen molar-refractivity contribution in [2.24, 2.45) is 0 Å². The van der Waals surface area contributed by atoms with E-state index in [2.05, 4.69) is 42.6 Å². The van der Waals surface area contributed by atoms with Gasteiger partial charge in [-0.3, -0.25) is 0 Å². The van der Waals surface area contributed by atoms with Crippen LogP contribution in [0.1, 0.15) is 40.7 Å². The van der Waals surface area contributed by atoms with Gasteiger partial charge in [0.1, 0.15) is 0 Å². The van der Waals surface area contributed by atoms with E-state index in [0.717, 1.165) is 19.1 Å². The van der Waals surface area contributed by atoms with Gasteiger partial charge in [-0.05, 0) is 34.6 Å². The molecule has 0 aliphatic rings. The Kier molecular flexibility index (Phi) is 4.35. The van der Waals surface area contributed by atoms with Gasteiger partial charge >= 0.3 is 0 Å². The zero-order valence-corrected chi connectivity index (χ0v) is 10.9. The molecule has 1 heterocycles. The highest BCUT2D eigenvalue weighted by Gasteiger charge is 2.18. The van der Waals surface area contributed by atoms with E-state index in [9.17, 15) is 0 Å². The number of hydrogen-bond acceptors (Lipinski definition) is 3. The lowest BCUT2D eigenvalue weighted by molar-refractivity contribution is 0.000529. The molecule has 0 spiro atoms. The Morgan fingerprint density at radius 1 is 1.50 bits per heavy atom. The van der Waals surface area contributed by atoms with Crippen molar-refractivity contribution in [3.63, 3.8) is 0 Å². The lowest BCUT2D eigenvalue weighted by Crippen LogP contribution is -2.34. The molecule has 4 heteroatoms. The van der Waals surface area contributed by atoms with Crippen LogP contribution in [-0.2, 0) is 4.74 Å². The predicted molar refractivity (Wildman–Crippen MR) is 66.8 cm³/mol. The van der Waals surface area contributed by atoms with Gasteiger partial charge in [-0.15, -0.1) is 0 Å². The lowest BCUT2D eigenvalue weighted by Gasteiger charge is -2.25. The first-order valence-corrected chi connectivity index (χ1v) is 5.87. The number of nitrogens with one attached hydrogen (secondary N) is 1. The second kappa shape index (κ2) is 5.34. The minimum Gasteiger partial charge on any atom is -0.374 e. The van der Waals surface area contributed by atoms with E-state index in [1.54, 1.807) is 0 Å². The highest BCUT2D eigenvalue weighted by molar-refractivity contribution is 5.27. The van der Waals surface area contributed by atoms with E-state index in [0.29, 0.717) is 6.04 Å². The fourth-order valence-electron chi connectivity index (χ4n) is 1.60. The van der Waals surface area contributed by atoms with Gasteiger partial charge in [-0.25, -0.2) is 4.98 Å². The van der Waals surface area contributed by atoms with Crippen molar-refractivity contribution in [1.29, 1.82) is 0 Å². The van der Waals surface area contributed by atoms with Crippen LogP contribution in [0, 0.1) is 0 Å². The number of ether oxygens (including phenoxy) is 1. The molecule has 0 aromatic carbocycles. The number of nitrogens with zero attached hydrogens (tertiary/aromatic N) is 2. The molecule has 0 radical (unpaired) electrons. The number of rotatable bonds is 6. The molecule has 1 N–H and O–H groups in total. The summed E-state index contributed by atoms with van der Waals surface area (Å²) in [7, 11) is 0. The third kappa shape index (κ3) is 3.52. The van der Waals surface area contributed by atoms with Gasteiger partial charge in [0, 0.05) is 31.6 Å². The molecular weight excluding hydrogens is 202 g/mol. The first-order valence-electron chi connectivity index (χ1n) is 5.87. The first-order chi connectivity index (χ1) is 7.46. The number of imidazole rings is 1. The van der Waals surface area contributed by atoms with Gasteiger partial charge in [0.25, 0.3) is 0 Å². The van der Waals surface area contributed by atoms with Crippen LogP contribution in [0.5, 0.6) is 0 Å². The van der Waals surface area contributed by atoms with Crippen molar-refractivity contribution >= 4 is 5.95 Å². The molecule has 0 saturated heterocycles. The Bertz CT molecular complexity index is 318. The Labute approximate surface area is 98.0 Å². The van der Waals surface area contributed by atoms with Crippen LogP contribution in [0.25, 0.3) is 0 Å². The summed E-state index contributed by atoms with van der Waals surface area (Å²) in [6, 6.07) is 0.417. The maximum absolute atomic E-state index is 5.63. The minimum absolute atomic E-state index is 0.164. The quantitative estimate of drug-likeness (QED) is 0.809. The monoisotopic (exact) mass is 225 g/mol. The summed E-state index contributed by atoms with van der Waals surface area (Å²) in [4.78, 5) is 4.30. The summed E-state index contributed by atoms with van der Waals surface area (Å²) in [6.45, 7) is 11.9. The predicted octanol–water partition coefficient (Wildman–Crippen LogP) is 2.69. The van der Waals surface area contributed by atoms with Crippen molar-refractivity contribution in [1.82, 2.24) is 9.55 Å². The lowest BCUT2D eigenvalue weighted by atomic mass is 10.1.